The number of anilines is 1. The minimum absolute atomic E-state index is 0.231. The summed E-state index contributed by atoms with van der Waals surface area (Å²) in [6.45, 7) is 1.93. The molecule has 0 bridgehead atoms. The smallest absolute Gasteiger partial charge is 0.316 e. The summed E-state index contributed by atoms with van der Waals surface area (Å²) < 4.78 is 5.01. The van der Waals surface area contributed by atoms with Gasteiger partial charge in [0.05, 0.1) is 6.61 Å². The number of halogens is 1. The first-order valence-electron chi connectivity index (χ1n) is 5.80. The standard InChI is InChI=1S/C13H16ClNO4/c1-3-10(13(17)18)12(16)15-11-5-4-9(14)6-8(11)7-19-2/h4-6,10H,3,7H2,1-2H3,(H,15,16)(H,17,18). The van der Waals surface area contributed by atoms with E-state index in [2.05, 4.69) is 5.32 Å². The van der Waals surface area contributed by atoms with Crippen molar-refractivity contribution in [3.8, 4) is 0 Å². The van der Waals surface area contributed by atoms with Crippen LogP contribution in [0.25, 0.3) is 0 Å². The van der Waals surface area contributed by atoms with Crippen LogP contribution in [0.15, 0.2) is 18.2 Å². The van der Waals surface area contributed by atoms with Crippen molar-refractivity contribution in [3.05, 3.63) is 28.8 Å². The summed E-state index contributed by atoms with van der Waals surface area (Å²) in [4.78, 5) is 22.8. The van der Waals surface area contributed by atoms with E-state index in [1.807, 2.05) is 0 Å². The summed E-state index contributed by atoms with van der Waals surface area (Å²) in [7, 11) is 1.53. The first kappa shape index (κ1) is 15.5. The number of hydrogen-bond acceptors (Lipinski definition) is 3. The van der Waals surface area contributed by atoms with Crippen LogP contribution in [0.4, 0.5) is 5.69 Å². The number of nitrogens with one attached hydrogen (secondary N) is 1. The van der Waals surface area contributed by atoms with Gasteiger partial charge in [0.2, 0.25) is 5.91 Å². The van der Waals surface area contributed by atoms with Gasteiger partial charge in [-0.25, -0.2) is 0 Å². The van der Waals surface area contributed by atoms with Crippen molar-refractivity contribution in [2.45, 2.75) is 20.0 Å². The van der Waals surface area contributed by atoms with Crippen LogP contribution in [0.5, 0.6) is 0 Å². The van der Waals surface area contributed by atoms with Crippen LogP contribution in [0, 0.1) is 5.92 Å². The van der Waals surface area contributed by atoms with E-state index in [4.69, 9.17) is 21.4 Å². The van der Waals surface area contributed by atoms with E-state index in [-0.39, 0.29) is 13.0 Å². The number of ether oxygens (including phenoxy) is 1. The van der Waals surface area contributed by atoms with Crippen molar-refractivity contribution < 1.29 is 19.4 Å². The highest BCUT2D eigenvalue weighted by atomic mass is 35.5. The van der Waals surface area contributed by atoms with Gasteiger partial charge < -0.3 is 15.2 Å². The molecule has 0 heterocycles. The van der Waals surface area contributed by atoms with Gasteiger partial charge in [-0.1, -0.05) is 18.5 Å². The molecule has 0 spiro atoms. The summed E-state index contributed by atoms with van der Waals surface area (Å²) in [6.07, 6.45) is 0.231. The fourth-order valence-corrected chi connectivity index (χ4v) is 1.85. The van der Waals surface area contributed by atoms with Crippen LogP contribution in [0.1, 0.15) is 18.9 Å². The van der Waals surface area contributed by atoms with Gasteiger partial charge in [0, 0.05) is 23.4 Å². The van der Waals surface area contributed by atoms with E-state index in [1.165, 1.54) is 7.11 Å². The van der Waals surface area contributed by atoms with Gasteiger partial charge in [0.15, 0.2) is 0 Å². The molecular formula is C13H16ClNO4. The molecule has 0 fully saturated rings. The topological polar surface area (TPSA) is 75.6 Å². The zero-order valence-corrected chi connectivity index (χ0v) is 11.5. The number of hydrogen-bond donors (Lipinski definition) is 2. The minimum Gasteiger partial charge on any atom is -0.481 e. The summed E-state index contributed by atoms with van der Waals surface area (Å²) >= 11 is 5.87. The average molecular weight is 286 g/mol. The predicted molar refractivity (Wildman–Crippen MR) is 72.2 cm³/mol. The number of carboxylic acid groups (broad SMARTS) is 1. The summed E-state index contributed by atoms with van der Waals surface area (Å²) in [5, 5.41) is 12.1. The molecule has 0 radical (unpaired) electrons. The molecule has 5 nitrogen and oxygen atoms in total. The monoisotopic (exact) mass is 285 g/mol. The number of amides is 1. The van der Waals surface area contributed by atoms with Crippen LogP contribution in [0.3, 0.4) is 0 Å². The third-order valence-electron chi connectivity index (χ3n) is 2.65. The van der Waals surface area contributed by atoms with Crippen LogP contribution in [-0.2, 0) is 20.9 Å². The molecule has 0 aromatic heterocycles. The Kier molecular flexibility index (Phi) is 5.79. The molecule has 0 aliphatic rings. The highest BCUT2D eigenvalue weighted by Crippen LogP contribution is 2.22. The summed E-state index contributed by atoms with van der Waals surface area (Å²) in [6, 6.07) is 4.92. The Morgan fingerprint density at radius 2 is 2.16 bits per heavy atom. The molecule has 0 saturated carbocycles. The highest BCUT2D eigenvalue weighted by Gasteiger charge is 2.24. The second-order valence-corrected chi connectivity index (χ2v) is 4.46. The lowest BCUT2D eigenvalue weighted by Gasteiger charge is -2.14. The first-order valence-corrected chi connectivity index (χ1v) is 6.18. The Hall–Kier alpha value is -1.59. The Morgan fingerprint density at radius 1 is 1.47 bits per heavy atom. The van der Waals surface area contributed by atoms with E-state index in [9.17, 15) is 9.59 Å². The molecule has 0 aliphatic carbocycles. The fourth-order valence-electron chi connectivity index (χ4n) is 1.65. The number of methoxy groups -OCH3 is 1. The van der Waals surface area contributed by atoms with E-state index in [0.29, 0.717) is 16.3 Å². The first-order chi connectivity index (χ1) is 8.99. The molecule has 6 heteroatoms. The minimum atomic E-state index is -1.14. The maximum atomic E-state index is 11.9. The lowest BCUT2D eigenvalue weighted by atomic mass is 10.1. The third-order valence-corrected chi connectivity index (χ3v) is 2.88. The van der Waals surface area contributed by atoms with E-state index >= 15 is 0 Å². The molecule has 1 unspecified atom stereocenters. The second kappa shape index (κ2) is 7.11. The molecule has 1 rings (SSSR count). The van der Waals surface area contributed by atoms with Crippen molar-refractivity contribution in [1.29, 1.82) is 0 Å². The molecular weight excluding hydrogens is 270 g/mol. The number of carbonyl (C=O) groups is 2. The van der Waals surface area contributed by atoms with Crippen molar-refractivity contribution in [1.82, 2.24) is 0 Å². The summed E-state index contributed by atoms with van der Waals surface area (Å²) in [5.41, 5.74) is 1.21. The zero-order valence-electron chi connectivity index (χ0n) is 10.8. The highest BCUT2D eigenvalue weighted by molar-refractivity contribution is 6.30. The number of carboxylic acids is 1. The van der Waals surface area contributed by atoms with Crippen molar-refractivity contribution in [2.75, 3.05) is 12.4 Å². The van der Waals surface area contributed by atoms with Crippen LogP contribution < -0.4 is 5.32 Å². The lowest BCUT2D eigenvalue weighted by molar-refractivity contribution is -0.145. The zero-order chi connectivity index (χ0) is 14.4. The Bertz CT molecular complexity index is 476. The van der Waals surface area contributed by atoms with Crippen molar-refractivity contribution in [3.63, 3.8) is 0 Å². The largest absolute Gasteiger partial charge is 0.481 e. The van der Waals surface area contributed by atoms with Crippen molar-refractivity contribution >= 4 is 29.2 Å². The van der Waals surface area contributed by atoms with Crippen molar-refractivity contribution in [2.24, 2.45) is 5.92 Å². The molecule has 2 N–H and O–H groups in total. The number of benzene rings is 1. The Balaban J connectivity index is 2.92. The van der Waals surface area contributed by atoms with Gasteiger partial charge in [-0.2, -0.15) is 0 Å². The van der Waals surface area contributed by atoms with Crippen LogP contribution >= 0.6 is 11.6 Å². The quantitative estimate of drug-likeness (QED) is 0.788. The number of carbonyl (C=O) groups excluding carboxylic acids is 1. The van der Waals surface area contributed by atoms with Crippen LogP contribution in [0.2, 0.25) is 5.02 Å². The SMILES string of the molecule is CCC(C(=O)O)C(=O)Nc1ccc(Cl)cc1COC. The van der Waals surface area contributed by atoms with Gasteiger partial charge >= 0.3 is 5.97 Å². The van der Waals surface area contributed by atoms with Crippen LogP contribution in [-0.4, -0.2) is 24.1 Å². The predicted octanol–water partition coefficient (Wildman–Crippen LogP) is 2.54. The molecule has 1 aromatic carbocycles. The molecule has 1 aromatic rings. The number of aliphatic carboxylic acids is 1. The van der Waals surface area contributed by atoms with Gasteiger partial charge in [-0.05, 0) is 24.6 Å². The maximum absolute atomic E-state index is 11.9. The third kappa shape index (κ3) is 4.22. The van der Waals surface area contributed by atoms with E-state index in [0.717, 1.165) is 0 Å². The molecule has 0 aliphatic heterocycles. The number of rotatable bonds is 6. The fraction of sp³-hybridized carbons (Fsp3) is 0.385. The second-order valence-electron chi connectivity index (χ2n) is 4.02. The maximum Gasteiger partial charge on any atom is 0.316 e. The van der Waals surface area contributed by atoms with Gasteiger partial charge in [0.1, 0.15) is 5.92 Å². The van der Waals surface area contributed by atoms with Gasteiger partial charge in [-0.3, -0.25) is 9.59 Å². The molecule has 19 heavy (non-hydrogen) atoms. The molecule has 1 amide bonds. The lowest BCUT2D eigenvalue weighted by Crippen LogP contribution is -2.29. The summed E-state index contributed by atoms with van der Waals surface area (Å²) in [5.74, 6) is -2.75. The average Bonchev–Trinajstić information content (AvgIpc) is 2.33. The van der Waals surface area contributed by atoms with Gasteiger partial charge in [-0.15, -0.1) is 0 Å². The Morgan fingerprint density at radius 3 is 2.68 bits per heavy atom. The Labute approximate surface area is 116 Å². The normalized spacial score (nSPS) is 11.9. The molecule has 1 atom stereocenters. The van der Waals surface area contributed by atoms with E-state index < -0.39 is 17.8 Å². The molecule has 0 saturated heterocycles. The van der Waals surface area contributed by atoms with Gasteiger partial charge in [0.25, 0.3) is 0 Å². The molecule has 104 valence electrons. The van der Waals surface area contributed by atoms with E-state index in [1.54, 1.807) is 25.1 Å².